The van der Waals surface area contributed by atoms with E-state index in [-0.39, 0.29) is 6.04 Å². The Morgan fingerprint density at radius 2 is 1.85 bits per heavy atom. The minimum absolute atomic E-state index is 0.271. The zero-order valence-corrected chi connectivity index (χ0v) is 14.3. The van der Waals surface area contributed by atoms with E-state index in [0.29, 0.717) is 23.2 Å². The minimum Gasteiger partial charge on any atom is -0.356 e. The molecule has 0 fully saturated rings. The third-order valence-corrected chi connectivity index (χ3v) is 3.96. The van der Waals surface area contributed by atoms with Gasteiger partial charge in [0.05, 0.1) is 0 Å². The van der Waals surface area contributed by atoms with Crippen molar-refractivity contribution in [2.75, 3.05) is 5.32 Å². The number of anilines is 1. The predicted molar refractivity (Wildman–Crippen MR) is 97.5 cm³/mol. The first-order valence-corrected chi connectivity index (χ1v) is 8.55. The molecule has 1 unspecified atom stereocenters. The predicted octanol–water partition coefficient (Wildman–Crippen LogP) is 3.56. The molecule has 0 saturated carbocycles. The quantitative estimate of drug-likeness (QED) is 0.571. The van der Waals surface area contributed by atoms with Gasteiger partial charge in [0.1, 0.15) is 17.4 Å². The van der Waals surface area contributed by atoms with Gasteiger partial charge in [0, 0.05) is 18.8 Å². The molecule has 7 nitrogen and oxygen atoms in total. The zero-order valence-electron chi connectivity index (χ0n) is 14.3. The van der Waals surface area contributed by atoms with Gasteiger partial charge in [0.2, 0.25) is 5.89 Å². The van der Waals surface area contributed by atoms with Gasteiger partial charge in [-0.25, -0.2) is 9.97 Å². The number of pyridine rings is 1. The Balaban J connectivity index is 1.69. The summed E-state index contributed by atoms with van der Waals surface area (Å²) < 4.78 is 5.37. The van der Waals surface area contributed by atoms with Crippen LogP contribution in [0, 0.1) is 0 Å². The van der Waals surface area contributed by atoms with Crippen molar-refractivity contribution in [2.45, 2.75) is 25.8 Å². The Morgan fingerprint density at radius 3 is 2.69 bits per heavy atom. The van der Waals surface area contributed by atoms with Crippen LogP contribution < -0.4 is 5.32 Å². The summed E-state index contributed by atoms with van der Waals surface area (Å²) in [5.74, 6) is 1.90. The van der Waals surface area contributed by atoms with Gasteiger partial charge in [0.15, 0.2) is 11.5 Å². The van der Waals surface area contributed by atoms with E-state index in [4.69, 9.17) is 4.52 Å². The number of nitrogens with one attached hydrogen (secondary N) is 1. The molecular formula is C19H18N6O. The van der Waals surface area contributed by atoms with Crippen molar-refractivity contribution in [3.05, 3.63) is 72.1 Å². The molecule has 0 aliphatic heterocycles. The van der Waals surface area contributed by atoms with Crippen molar-refractivity contribution in [3.8, 4) is 0 Å². The van der Waals surface area contributed by atoms with Crippen molar-refractivity contribution in [3.63, 3.8) is 0 Å². The Bertz CT molecular complexity index is 1000. The van der Waals surface area contributed by atoms with E-state index >= 15 is 0 Å². The molecule has 0 spiro atoms. The molecule has 1 N–H and O–H groups in total. The summed E-state index contributed by atoms with van der Waals surface area (Å²) in [6.45, 7) is 2.08. The number of aromatic nitrogens is 5. The van der Waals surface area contributed by atoms with Crippen molar-refractivity contribution in [1.29, 1.82) is 0 Å². The summed E-state index contributed by atoms with van der Waals surface area (Å²) in [6.07, 6.45) is 5.00. The van der Waals surface area contributed by atoms with Crippen LogP contribution in [0.2, 0.25) is 0 Å². The molecule has 1 aromatic carbocycles. The summed E-state index contributed by atoms with van der Waals surface area (Å²) in [4.78, 5) is 17.6. The lowest BCUT2D eigenvalue weighted by Gasteiger charge is -2.16. The third kappa shape index (κ3) is 3.37. The normalized spacial score (nSPS) is 12.2. The molecule has 3 aromatic heterocycles. The summed E-state index contributed by atoms with van der Waals surface area (Å²) in [6, 6.07) is 13.5. The first-order chi connectivity index (χ1) is 12.8. The van der Waals surface area contributed by atoms with Gasteiger partial charge in [-0.05, 0) is 24.1 Å². The monoisotopic (exact) mass is 346 g/mol. The number of hydrogen-bond acceptors (Lipinski definition) is 7. The Labute approximate surface area is 150 Å². The topological polar surface area (TPSA) is 89.6 Å². The van der Waals surface area contributed by atoms with Gasteiger partial charge in [0.25, 0.3) is 0 Å². The zero-order chi connectivity index (χ0) is 17.8. The van der Waals surface area contributed by atoms with Crippen molar-refractivity contribution in [2.24, 2.45) is 0 Å². The minimum atomic E-state index is -0.271. The molecule has 0 radical (unpaired) electrons. The molecule has 130 valence electrons. The maximum absolute atomic E-state index is 5.37. The van der Waals surface area contributed by atoms with Crippen LogP contribution in [0.5, 0.6) is 0 Å². The van der Waals surface area contributed by atoms with Gasteiger partial charge in [-0.15, -0.1) is 0 Å². The molecular weight excluding hydrogens is 328 g/mol. The fourth-order valence-electron chi connectivity index (χ4n) is 2.73. The van der Waals surface area contributed by atoms with Gasteiger partial charge in [-0.2, -0.15) is 4.98 Å². The molecule has 4 rings (SSSR count). The van der Waals surface area contributed by atoms with E-state index in [1.54, 1.807) is 12.4 Å². The van der Waals surface area contributed by atoms with Gasteiger partial charge < -0.3 is 9.84 Å². The number of benzene rings is 1. The molecule has 0 saturated heterocycles. The summed E-state index contributed by atoms with van der Waals surface area (Å²) in [5.41, 5.74) is 2.36. The highest BCUT2D eigenvalue weighted by molar-refractivity contribution is 5.71. The highest BCUT2D eigenvalue weighted by Gasteiger charge is 2.21. The van der Waals surface area contributed by atoms with Crippen molar-refractivity contribution >= 4 is 17.0 Å². The molecule has 0 aliphatic carbocycles. The largest absolute Gasteiger partial charge is 0.356 e. The van der Waals surface area contributed by atoms with Crippen LogP contribution in [0.4, 0.5) is 5.82 Å². The molecule has 0 bridgehead atoms. The summed E-state index contributed by atoms with van der Waals surface area (Å²) in [7, 11) is 0. The van der Waals surface area contributed by atoms with Crippen LogP contribution in [-0.4, -0.2) is 25.1 Å². The van der Waals surface area contributed by atoms with E-state index in [2.05, 4.69) is 37.3 Å². The SMILES string of the molecule is CCCc1nc(C(Nc2ccc3nccnc3n2)c2ccccc2)no1. The Kier molecular flexibility index (Phi) is 4.51. The lowest BCUT2D eigenvalue weighted by Crippen LogP contribution is -2.15. The molecule has 0 aliphatic rings. The summed E-state index contributed by atoms with van der Waals surface area (Å²) >= 11 is 0. The number of fused-ring (bicyclic) bond motifs is 1. The third-order valence-electron chi connectivity index (χ3n) is 3.96. The van der Waals surface area contributed by atoms with Crippen LogP contribution in [0.25, 0.3) is 11.2 Å². The lowest BCUT2D eigenvalue weighted by atomic mass is 10.1. The second kappa shape index (κ2) is 7.26. The van der Waals surface area contributed by atoms with E-state index in [1.165, 1.54) is 0 Å². The van der Waals surface area contributed by atoms with Gasteiger partial charge in [-0.1, -0.05) is 42.4 Å². The van der Waals surface area contributed by atoms with Gasteiger partial charge >= 0.3 is 0 Å². The van der Waals surface area contributed by atoms with E-state index < -0.39 is 0 Å². The lowest BCUT2D eigenvalue weighted by molar-refractivity contribution is 0.371. The Morgan fingerprint density at radius 1 is 1.00 bits per heavy atom. The molecule has 7 heteroatoms. The molecule has 1 atom stereocenters. The van der Waals surface area contributed by atoms with E-state index in [0.717, 1.165) is 23.9 Å². The maximum atomic E-state index is 5.37. The Hall–Kier alpha value is -3.35. The maximum Gasteiger partial charge on any atom is 0.226 e. The van der Waals surface area contributed by atoms with Crippen LogP contribution in [0.3, 0.4) is 0 Å². The molecule has 0 amide bonds. The van der Waals surface area contributed by atoms with Crippen molar-refractivity contribution in [1.82, 2.24) is 25.1 Å². The van der Waals surface area contributed by atoms with Crippen LogP contribution in [0.15, 0.2) is 59.4 Å². The summed E-state index contributed by atoms with van der Waals surface area (Å²) in [5, 5.41) is 7.56. The van der Waals surface area contributed by atoms with Crippen LogP contribution >= 0.6 is 0 Å². The number of rotatable bonds is 6. The van der Waals surface area contributed by atoms with Crippen LogP contribution in [0.1, 0.15) is 36.7 Å². The van der Waals surface area contributed by atoms with Gasteiger partial charge in [-0.3, -0.25) is 4.98 Å². The van der Waals surface area contributed by atoms with Crippen LogP contribution in [-0.2, 0) is 6.42 Å². The highest BCUT2D eigenvalue weighted by Crippen LogP contribution is 2.25. The fraction of sp³-hybridized carbons (Fsp3) is 0.211. The number of aryl methyl sites for hydroxylation is 1. The smallest absolute Gasteiger partial charge is 0.226 e. The first-order valence-electron chi connectivity index (χ1n) is 8.55. The highest BCUT2D eigenvalue weighted by atomic mass is 16.5. The second-order valence-electron chi connectivity index (χ2n) is 5.88. The van der Waals surface area contributed by atoms with E-state index in [1.807, 2.05) is 42.5 Å². The molecule has 4 aromatic rings. The standard InChI is InChI=1S/C19H18N6O/c1-2-6-16-24-19(25-26-16)17(13-7-4-3-5-8-13)22-15-10-9-14-18(23-15)21-12-11-20-14/h3-5,7-12,17H,2,6H2,1H3,(H,21,22,23). The second-order valence-corrected chi connectivity index (χ2v) is 5.88. The number of nitrogens with zero attached hydrogens (tertiary/aromatic N) is 5. The average molecular weight is 346 g/mol. The van der Waals surface area contributed by atoms with E-state index in [9.17, 15) is 0 Å². The van der Waals surface area contributed by atoms with Crippen molar-refractivity contribution < 1.29 is 4.52 Å². The average Bonchev–Trinajstić information content (AvgIpc) is 3.15. The molecule has 26 heavy (non-hydrogen) atoms. The number of hydrogen-bond donors (Lipinski definition) is 1. The first kappa shape index (κ1) is 16.1. The molecule has 3 heterocycles. The fourth-order valence-corrected chi connectivity index (χ4v) is 2.73.